The summed E-state index contributed by atoms with van der Waals surface area (Å²) in [6, 6.07) is 23.7. The minimum Gasteiger partial charge on any atom is -0.361 e. The minimum atomic E-state index is -0.306. The third kappa shape index (κ3) is 2.84. The van der Waals surface area contributed by atoms with E-state index < -0.39 is 0 Å². The van der Waals surface area contributed by atoms with Gasteiger partial charge in [0.1, 0.15) is 12.0 Å². The molecule has 3 aromatic rings. The summed E-state index contributed by atoms with van der Waals surface area (Å²) < 4.78 is 13.2. The van der Waals surface area contributed by atoms with E-state index in [1.54, 1.807) is 12.1 Å². The topological polar surface area (TPSA) is 32.3 Å². The second-order valence-corrected chi connectivity index (χ2v) is 6.44. The van der Waals surface area contributed by atoms with Crippen LogP contribution in [0.4, 0.5) is 10.1 Å². The van der Waals surface area contributed by atoms with E-state index in [2.05, 4.69) is 5.32 Å². The Kier molecular flexibility index (Phi) is 4.17. The molecule has 0 aromatic heterocycles. The molecule has 0 aliphatic carbocycles. The van der Waals surface area contributed by atoms with Crippen molar-refractivity contribution >= 4 is 11.6 Å². The molecule has 2 atom stereocenters. The molecule has 1 aliphatic rings. The van der Waals surface area contributed by atoms with E-state index in [1.165, 1.54) is 12.1 Å². The molecule has 0 saturated heterocycles. The summed E-state index contributed by atoms with van der Waals surface area (Å²) in [7, 11) is 0. The second-order valence-electron chi connectivity index (χ2n) is 6.44. The molecule has 0 radical (unpaired) electrons. The highest BCUT2D eigenvalue weighted by atomic mass is 19.1. The molecule has 0 bridgehead atoms. The van der Waals surface area contributed by atoms with Gasteiger partial charge in [0.05, 0.1) is 6.04 Å². The molecule has 26 heavy (non-hydrogen) atoms. The standard InChI is InChI=1S/C22H19FN2O/c1-15(16-7-3-2-4-8-16)25-21(24-18-13-11-17(23)12-14-18)19-9-5-6-10-20(19)22(25)26/h2-15,21,24H,1H3/t15-,21+/m0/s1. The van der Waals surface area contributed by atoms with Crippen molar-refractivity contribution in [1.82, 2.24) is 4.90 Å². The molecular formula is C22H19FN2O. The van der Waals surface area contributed by atoms with Gasteiger partial charge in [-0.3, -0.25) is 4.79 Å². The maximum atomic E-state index is 13.2. The predicted octanol–water partition coefficient (Wildman–Crippen LogP) is 5.15. The van der Waals surface area contributed by atoms with Crippen molar-refractivity contribution in [3.05, 3.63) is 101 Å². The Labute approximate surface area is 152 Å². The van der Waals surface area contributed by atoms with Crippen LogP contribution in [0.5, 0.6) is 0 Å². The fourth-order valence-electron chi connectivity index (χ4n) is 3.48. The van der Waals surface area contributed by atoms with Gasteiger partial charge in [-0.1, -0.05) is 48.5 Å². The van der Waals surface area contributed by atoms with Crippen LogP contribution >= 0.6 is 0 Å². The number of hydrogen-bond donors (Lipinski definition) is 1. The highest BCUT2D eigenvalue weighted by molar-refractivity contribution is 5.99. The van der Waals surface area contributed by atoms with Gasteiger partial charge in [-0.15, -0.1) is 0 Å². The lowest BCUT2D eigenvalue weighted by Crippen LogP contribution is -2.34. The van der Waals surface area contributed by atoms with Crippen LogP contribution in [0, 0.1) is 5.82 Å². The lowest BCUT2D eigenvalue weighted by molar-refractivity contribution is 0.0667. The van der Waals surface area contributed by atoms with Crippen LogP contribution in [0.25, 0.3) is 0 Å². The molecule has 0 unspecified atom stereocenters. The molecule has 1 heterocycles. The van der Waals surface area contributed by atoms with Crippen LogP contribution in [0.15, 0.2) is 78.9 Å². The Morgan fingerprint density at radius 2 is 1.58 bits per heavy atom. The summed E-state index contributed by atoms with van der Waals surface area (Å²) in [5.74, 6) is -0.287. The monoisotopic (exact) mass is 346 g/mol. The first-order valence-corrected chi connectivity index (χ1v) is 8.64. The molecule has 1 N–H and O–H groups in total. The molecule has 0 saturated carbocycles. The predicted molar refractivity (Wildman–Crippen MR) is 100 cm³/mol. The number of benzene rings is 3. The number of carbonyl (C=O) groups is 1. The van der Waals surface area contributed by atoms with Crippen LogP contribution in [0.3, 0.4) is 0 Å². The minimum absolute atomic E-state index is 0.00318. The molecule has 0 spiro atoms. The number of nitrogens with one attached hydrogen (secondary N) is 1. The van der Waals surface area contributed by atoms with Gasteiger partial charge in [0.15, 0.2) is 0 Å². The Bertz CT molecular complexity index is 924. The van der Waals surface area contributed by atoms with Crippen LogP contribution in [0.1, 0.15) is 40.6 Å². The number of carbonyl (C=O) groups excluding carboxylic acids is 1. The first-order valence-electron chi connectivity index (χ1n) is 8.64. The molecule has 4 rings (SSSR count). The maximum absolute atomic E-state index is 13.2. The number of hydrogen-bond acceptors (Lipinski definition) is 2. The summed E-state index contributed by atoms with van der Waals surface area (Å²) in [6.07, 6.45) is -0.306. The number of rotatable bonds is 4. The van der Waals surface area contributed by atoms with Crippen molar-refractivity contribution in [2.24, 2.45) is 0 Å². The van der Waals surface area contributed by atoms with Crippen molar-refractivity contribution < 1.29 is 9.18 Å². The zero-order chi connectivity index (χ0) is 18.1. The SMILES string of the molecule is C[C@@H](c1ccccc1)N1C(=O)c2ccccc2[C@@H]1Nc1ccc(F)cc1. The highest BCUT2D eigenvalue weighted by Gasteiger charge is 2.39. The number of amides is 1. The summed E-state index contributed by atoms with van der Waals surface area (Å²) in [4.78, 5) is 14.9. The van der Waals surface area contributed by atoms with E-state index in [4.69, 9.17) is 0 Å². The van der Waals surface area contributed by atoms with E-state index in [9.17, 15) is 9.18 Å². The zero-order valence-corrected chi connectivity index (χ0v) is 14.4. The molecular weight excluding hydrogens is 327 g/mol. The molecule has 1 amide bonds. The lowest BCUT2D eigenvalue weighted by atomic mass is 10.1. The zero-order valence-electron chi connectivity index (χ0n) is 14.4. The first kappa shape index (κ1) is 16.3. The number of halogens is 1. The van der Waals surface area contributed by atoms with Crippen molar-refractivity contribution in [3.8, 4) is 0 Å². The molecule has 3 aromatic carbocycles. The van der Waals surface area contributed by atoms with Crippen LogP contribution in [-0.2, 0) is 0 Å². The van der Waals surface area contributed by atoms with Crippen molar-refractivity contribution in [1.29, 1.82) is 0 Å². The second kappa shape index (κ2) is 6.64. The molecule has 130 valence electrons. The van der Waals surface area contributed by atoms with Crippen molar-refractivity contribution in [2.45, 2.75) is 19.1 Å². The Morgan fingerprint density at radius 3 is 2.31 bits per heavy atom. The number of nitrogens with zero attached hydrogens (tertiary/aromatic N) is 1. The van der Waals surface area contributed by atoms with Crippen LogP contribution in [0.2, 0.25) is 0 Å². The Morgan fingerprint density at radius 1 is 0.923 bits per heavy atom. The molecule has 0 fully saturated rings. The smallest absolute Gasteiger partial charge is 0.256 e. The van der Waals surface area contributed by atoms with E-state index in [0.29, 0.717) is 5.56 Å². The fraction of sp³-hybridized carbons (Fsp3) is 0.136. The summed E-state index contributed by atoms with van der Waals surface area (Å²) in [5.41, 5.74) is 3.48. The van der Waals surface area contributed by atoms with E-state index in [1.807, 2.05) is 66.4 Å². The molecule has 4 heteroatoms. The Balaban J connectivity index is 1.73. The largest absolute Gasteiger partial charge is 0.361 e. The van der Waals surface area contributed by atoms with Gasteiger partial charge in [0.2, 0.25) is 0 Å². The van der Waals surface area contributed by atoms with Gasteiger partial charge in [-0.2, -0.15) is 0 Å². The molecule has 3 nitrogen and oxygen atoms in total. The van der Waals surface area contributed by atoms with Gasteiger partial charge in [-0.05, 0) is 42.8 Å². The maximum Gasteiger partial charge on any atom is 0.256 e. The van der Waals surface area contributed by atoms with E-state index in [0.717, 1.165) is 16.8 Å². The van der Waals surface area contributed by atoms with E-state index >= 15 is 0 Å². The average molecular weight is 346 g/mol. The molecule has 1 aliphatic heterocycles. The number of anilines is 1. The summed E-state index contributed by atoms with van der Waals surface area (Å²) >= 11 is 0. The summed E-state index contributed by atoms with van der Waals surface area (Å²) in [6.45, 7) is 2.03. The average Bonchev–Trinajstić information content (AvgIpc) is 2.96. The number of fused-ring (bicyclic) bond motifs is 1. The van der Waals surface area contributed by atoms with Crippen molar-refractivity contribution in [2.75, 3.05) is 5.32 Å². The quantitative estimate of drug-likeness (QED) is 0.708. The highest BCUT2D eigenvalue weighted by Crippen LogP contribution is 2.40. The van der Waals surface area contributed by atoms with E-state index in [-0.39, 0.29) is 23.9 Å². The summed E-state index contributed by atoms with van der Waals surface area (Å²) in [5, 5.41) is 3.39. The third-order valence-electron chi connectivity index (χ3n) is 4.85. The van der Waals surface area contributed by atoms with Gasteiger partial charge >= 0.3 is 0 Å². The van der Waals surface area contributed by atoms with Crippen LogP contribution < -0.4 is 5.32 Å². The Hall–Kier alpha value is -3.14. The van der Waals surface area contributed by atoms with Gasteiger partial charge in [-0.25, -0.2) is 4.39 Å². The normalized spacial score (nSPS) is 17.1. The van der Waals surface area contributed by atoms with Crippen LogP contribution in [-0.4, -0.2) is 10.8 Å². The fourth-order valence-corrected chi connectivity index (χ4v) is 3.48. The van der Waals surface area contributed by atoms with Gasteiger partial charge < -0.3 is 10.2 Å². The van der Waals surface area contributed by atoms with Gasteiger partial charge in [0.25, 0.3) is 5.91 Å². The van der Waals surface area contributed by atoms with Gasteiger partial charge in [0, 0.05) is 16.8 Å². The third-order valence-corrected chi connectivity index (χ3v) is 4.85. The lowest BCUT2D eigenvalue weighted by Gasteiger charge is -2.32. The van der Waals surface area contributed by atoms with Crippen molar-refractivity contribution in [3.63, 3.8) is 0 Å². The first-order chi connectivity index (χ1) is 12.6.